The number of hydrogen-bond acceptors (Lipinski definition) is 2. The van der Waals surface area contributed by atoms with Gasteiger partial charge in [-0.1, -0.05) is 37.3 Å². The normalized spacial score (nSPS) is 19.8. The molecule has 1 atom stereocenters. The Morgan fingerprint density at radius 2 is 2.17 bits per heavy atom. The Balaban J connectivity index is 1.81. The molecular formula is C15H21NO2. The van der Waals surface area contributed by atoms with E-state index in [0.29, 0.717) is 13.0 Å². The molecule has 0 radical (unpaired) electrons. The molecule has 1 aliphatic rings. The van der Waals surface area contributed by atoms with Gasteiger partial charge in [0.25, 0.3) is 0 Å². The van der Waals surface area contributed by atoms with E-state index in [1.165, 1.54) is 5.56 Å². The van der Waals surface area contributed by atoms with Gasteiger partial charge in [-0.05, 0) is 18.4 Å². The van der Waals surface area contributed by atoms with Crippen LogP contribution in [0.15, 0.2) is 30.3 Å². The second-order valence-electron chi connectivity index (χ2n) is 4.71. The van der Waals surface area contributed by atoms with E-state index in [-0.39, 0.29) is 12.0 Å². The number of benzene rings is 1. The molecule has 1 heterocycles. The van der Waals surface area contributed by atoms with Crippen molar-refractivity contribution in [2.24, 2.45) is 0 Å². The Bertz CT molecular complexity index is 377. The monoisotopic (exact) mass is 247 g/mol. The van der Waals surface area contributed by atoms with E-state index in [9.17, 15) is 4.79 Å². The maximum absolute atomic E-state index is 11.7. The summed E-state index contributed by atoms with van der Waals surface area (Å²) in [7, 11) is 0. The van der Waals surface area contributed by atoms with Gasteiger partial charge in [0, 0.05) is 19.5 Å². The molecule has 0 N–H and O–H groups in total. The average Bonchev–Trinajstić information content (AvgIpc) is 2.45. The molecule has 1 aromatic rings. The number of ether oxygens (including phenoxy) is 1. The molecule has 1 saturated heterocycles. The Morgan fingerprint density at radius 1 is 1.39 bits per heavy atom. The van der Waals surface area contributed by atoms with Crippen molar-refractivity contribution >= 4 is 5.91 Å². The molecule has 18 heavy (non-hydrogen) atoms. The van der Waals surface area contributed by atoms with Crippen molar-refractivity contribution in [3.05, 3.63) is 35.9 Å². The highest BCUT2D eigenvalue weighted by Gasteiger charge is 2.22. The van der Waals surface area contributed by atoms with Gasteiger partial charge in [0.15, 0.2) is 0 Å². The molecular weight excluding hydrogens is 226 g/mol. The third-order valence-electron chi connectivity index (χ3n) is 3.39. The predicted molar refractivity (Wildman–Crippen MR) is 71.4 cm³/mol. The summed E-state index contributed by atoms with van der Waals surface area (Å²) in [6.07, 6.45) is 2.78. The van der Waals surface area contributed by atoms with Crippen LogP contribution >= 0.6 is 0 Å². The van der Waals surface area contributed by atoms with Crippen molar-refractivity contribution < 1.29 is 9.53 Å². The molecule has 1 amide bonds. The summed E-state index contributed by atoms with van der Waals surface area (Å²) < 4.78 is 5.73. The fourth-order valence-corrected chi connectivity index (χ4v) is 2.32. The van der Waals surface area contributed by atoms with E-state index in [4.69, 9.17) is 4.74 Å². The summed E-state index contributed by atoms with van der Waals surface area (Å²) in [4.78, 5) is 13.6. The van der Waals surface area contributed by atoms with Crippen LogP contribution in [0.25, 0.3) is 0 Å². The molecule has 2 rings (SSSR count). The summed E-state index contributed by atoms with van der Waals surface area (Å²) in [5, 5.41) is 0. The van der Waals surface area contributed by atoms with Crippen LogP contribution in [0.5, 0.6) is 0 Å². The molecule has 1 unspecified atom stereocenters. The first-order valence-electron chi connectivity index (χ1n) is 6.73. The maximum Gasteiger partial charge on any atom is 0.222 e. The van der Waals surface area contributed by atoms with E-state index in [2.05, 4.69) is 24.3 Å². The zero-order valence-corrected chi connectivity index (χ0v) is 11.0. The van der Waals surface area contributed by atoms with E-state index >= 15 is 0 Å². The van der Waals surface area contributed by atoms with E-state index in [1.54, 1.807) is 0 Å². The molecule has 0 aromatic heterocycles. The first kappa shape index (κ1) is 13.1. The van der Waals surface area contributed by atoms with Gasteiger partial charge in [-0.15, -0.1) is 0 Å². The van der Waals surface area contributed by atoms with Gasteiger partial charge in [-0.2, -0.15) is 0 Å². The molecule has 0 spiro atoms. The molecule has 3 nitrogen and oxygen atoms in total. The minimum Gasteiger partial charge on any atom is -0.375 e. The lowest BCUT2D eigenvalue weighted by molar-refractivity contribution is -0.138. The molecule has 0 aliphatic carbocycles. The van der Waals surface area contributed by atoms with Crippen molar-refractivity contribution in [2.75, 3.05) is 19.7 Å². The van der Waals surface area contributed by atoms with E-state index in [0.717, 1.165) is 25.9 Å². The van der Waals surface area contributed by atoms with Crippen molar-refractivity contribution in [1.29, 1.82) is 0 Å². The first-order valence-corrected chi connectivity index (χ1v) is 6.73. The summed E-state index contributed by atoms with van der Waals surface area (Å²) in [6.45, 7) is 4.08. The fraction of sp³-hybridized carbons (Fsp3) is 0.533. The average molecular weight is 247 g/mol. The number of hydrogen-bond donors (Lipinski definition) is 0. The fourth-order valence-electron chi connectivity index (χ4n) is 2.32. The third kappa shape index (κ3) is 3.57. The zero-order valence-electron chi connectivity index (χ0n) is 11.0. The van der Waals surface area contributed by atoms with Gasteiger partial charge < -0.3 is 9.64 Å². The van der Waals surface area contributed by atoms with Crippen LogP contribution in [-0.4, -0.2) is 36.6 Å². The van der Waals surface area contributed by atoms with E-state index < -0.39 is 0 Å². The van der Waals surface area contributed by atoms with E-state index in [1.807, 2.05) is 17.9 Å². The topological polar surface area (TPSA) is 29.5 Å². The lowest BCUT2D eigenvalue weighted by atomic mass is 10.1. The Hall–Kier alpha value is -1.35. The number of morpholine rings is 1. The van der Waals surface area contributed by atoms with Crippen LogP contribution in [0.2, 0.25) is 0 Å². The van der Waals surface area contributed by atoms with Crippen LogP contribution in [0.1, 0.15) is 25.3 Å². The van der Waals surface area contributed by atoms with Crippen LogP contribution in [-0.2, 0) is 16.0 Å². The molecule has 98 valence electrons. The highest BCUT2D eigenvalue weighted by Crippen LogP contribution is 2.13. The number of aryl methyl sites for hydroxylation is 1. The maximum atomic E-state index is 11.7. The zero-order chi connectivity index (χ0) is 12.8. The standard InChI is InChI=1S/C15H21NO2/c1-2-15(17)16-10-11-18-14(12-16)9-8-13-6-4-3-5-7-13/h3-7,14H,2,8-12H2,1H3. The number of nitrogens with zero attached hydrogens (tertiary/aromatic N) is 1. The summed E-state index contributed by atoms with van der Waals surface area (Å²) in [6, 6.07) is 10.4. The minimum atomic E-state index is 0.189. The first-order chi connectivity index (χ1) is 8.79. The second kappa shape index (κ2) is 6.55. The van der Waals surface area contributed by atoms with Crippen molar-refractivity contribution in [3.63, 3.8) is 0 Å². The number of carbonyl (C=O) groups is 1. The minimum absolute atomic E-state index is 0.189. The molecule has 1 aliphatic heterocycles. The van der Waals surface area contributed by atoms with Crippen LogP contribution in [0.3, 0.4) is 0 Å². The molecule has 0 bridgehead atoms. The summed E-state index contributed by atoms with van der Waals surface area (Å²) >= 11 is 0. The van der Waals surface area contributed by atoms with Crippen LogP contribution in [0, 0.1) is 0 Å². The number of amides is 1. The summed E-state index contributed by atoms with van der Waals surface area (Å²) in [5.41, 5.74) is 1.33. The lowest BCUT2D eigenvalue weighted by Gasteiger charge is -2.33. The Morgan fingerprint density at radius 3 is 2.89 bits per heavy atom. The molecule has 0 saturated carbocycles. The predicted octanol–water partition coefficient (Wildman–Crippen LogP) is 2.26. The van der Waals surface area contributed by atoms with Crippen molar-refractivity contribution in [3.8, 4) is 0 Å². The Labute approximate surface area is 109 Å². The van der Waals surface area contributed by atoms with Gasteiger partial charge in [0.2, 0.25) is 5.91 Å². The molecule has 1 fully saturated rings. The van der Waals surface area contributed by atoms with Crippen LogP contribution < -0.4 is 0 Å². The molecule has 1 aromatic carbocycles. The Kier molecular flexibility index (Phi) is 4.76. The van der Waals surface area contributed by atoms with Gasteiger partial charge >= 0.3 is 0 Å². The lowest BCUT2D eigenvalue weighted by Crippen LogP contribution is -2.45. The SMILES string of the molecule is CCC(=O)N1CCOC(CCc2ccccc2)C1. The second-order valence-corrected chi connectivity index (χ2v) is 4.71. The quantitative estimate of drug-likeness (QED) is 0.816. The van der Waals surface area contributed by atoms with Gasteiger partial charge in [0.05, 0.1) is 12.7 Å². The van der Waals surface area contributed by atoms with Gasteiger partial charge in [0.1, 0.15) is 0 Å². The smallest absolute Gasteiger partial charge is 0.222 e. The highest BCUT2D eigenvalue weighted by atomic mass is 16.5. The number of carbonyl (C=O) groups excluding carboxylic acids is 1. The highest BCUT2D eigenvalue weighted by molar-refractivity contribution is 5.75. The van der Waals surface area contributed by atoms with Crippen LogP contribution in [0.4, 0.5) is 0 Å². The van der Waals surface area contributed by atoms with Crippen molar-refractivity contribution in [1.82, 2.24) is 4.90 Å². The van der Waals surface area contributed by atoms with Crippen molar-refractivity contribution in [2.45, 2.75) is 32.3 Å². The number of rotatable bonds is 4. The summed E-state index contributed by atoms with van der Waals surface area (Å²) in [5.74, 6) is 0.239. The molecule has 3 heteroatoms. The van der Waals surface area contributed by atoms with Gasteiger partial charge in [-0.3, -0.25) is 4.79 Å². The largest absolute Gasteiger partial charge is 0.375 e. The van der Waals surface area contributed by atoms with Gasteiger partial charge in [-0.25, -0.2) is 0 Å². The third-order valence-corrected chi connectivity index (χ3v) is 3.39.